The molecule has 0 bridgehead atoms. The second-order valence-electron chi connectivity index (χ2n) is 7.74. The van der Waals surface area contributed by atoms with Gasteiger partial charge < -0.3 is 30.1 Å². The summed E-state index contributed by atoms with van der Waals surface area (Å²) in [7, 11) is 5.80. The number of nitrogens with zero attached hydrogens (tertiary/aromatic N) is 1. The molecule has 10 heteroatoms. The highest BCUT2D eigenvalue weighted by Gasteiger charge is 2.13. The van der Waals surface area contributed by atoms with Gasteiger partial charge in [-0.05, 0) is 89.6 Å². The van der Waals surface area contributed by atoms with Crippen molar-refractivity contribution in [3.05, 3.63) is 60.1 Å². The standard InChI is InChI=1S/C23H28Br3N3O4/c1-29(2)9-4-10-33-22-18(25)12-16(13-19(22)26)7-8-27-23(30)20(28-31)14-15-5-6-21(32-3)17(24)11-15/h5-6,11-13,31H,4,7-10,14H2,1-3H3,(H,27,30)/b28-20+. The molecule has 2 aromatic carbocycles. The van der Waals surface area contributed by atoms with Crippen LogP contribution < -0.4 is 19.7 Å². The number of halogens is 3. The fraction of sp³-hybridized carbons (Fsp3) is 0.391. The minimum atomic E-state index is -0.474. The molecule has 0 radical (unpaired) electrons. The number of rotatable bonds is 12. The molecule has 0 aliphatic carbocycles. The Bertz CT molecular complexity index is 960. The van der Waals surface area contributed by atoms with Gasteiger partial charge in [0.05, 0.1) is 53.5 Å². The van der Waals surface area contributed by atoms with Crippen molar-refractivity contribution in [3.8, 4) is 11.5 Å². The Morgan fingerprint density at radius 2 is 1.76 bits per heavy atom. The maximum absolute atomic E-state index is 12.4. The number of carbonyl (C=O) groups is 1. The zero-order valence-corrected chi connectivity index (χ0v) is 23.6. The molecule has 0 unspecified atom stereocenters. The van der Waals surface area contributed by atoms with E-state index in [1.54, 1.807) is 25.3 Å². The summed E-state index contributed by atoms with van der Waals surface area (Å²) in [5.41, 5.74) is 1.72. The van der Waals surface area contributed by atoms with Gasteiger partial charge in [-0.25, -0.2) is 0 Å². The lowest BCUT2D eigenvalue weighted by Gasteiger charge is -2.14. The van der Waals surface area contributed by atoms with E-state index < -0.39 is 5.91 Å². The molecule has 2 rings (SSSR count). The van der Waals surface area contributed by atoms with Crippen molar-refractivity contribution in [2.45, 2.75) is 19.3 Å². The van der Waals surface area contributed by atoms with Crippen LogP contribution in [0.25, 0.3) is 0 Å². The van der Waals surface area contributed by atoms with Crippen molar-refractivity contribution in [3.63, 3.8) is 0 Å². The largest absolute Gasteiger partial charge is 0.792 e. The summed E-state index contributed by atoms with van der Waals surface area (Å²) in [5, 5.41) is 17.0. The fourth-order valence-electron chi connectivity index (χ4n) is 3.08. The van der Waals surface area contributed by atoms with Crippen LogP contribution in [0.4, 0.5) is 0 Å². The van der Waals surface area contributed by atoms with Crippen molar-refractivity contribution >= 4 is 59.4 Å². The minimum Gasteiger partial charge on any atom is -0.792 e. The monoisotopic (exact) mass is 647 g/mol. The van der Waals surface area contributed by atoms with E-state index in [9.17, 15) is 10.0 Å². The van der Waals surface area contributed by atoms with Crippen LogP contribution in [-0.2, 0) is 17.6 Å². The highest BCUT2D eigenvalue weighted by atomic mass is 79.9. The molecule has 2 aromatic rings. The quantitative estimate of drug-likeness (QED) is 0.209. The summed E-state index contributed by atoms with van der Waals surface area (Å²) in [6, 6.07) is 9.31. The zero-order chi connectivity index (χ0) is 24.4. The van der Waals surface area contributed by atoms with Crippen LogP contribution in [0, 0.1) is 5.21 Å². The number of ether oxygens (including phenoxy) is 2. The lowest BCUT2D eigenvalue weighted by atomic mass is 10.1. The molecule has 1 amide bonds. The second-order valence-corrected chi connectivity index (χ2v) is 10.3. The molecule has 0 fully saturated rings. The van der Waals surface area contributed by atoms with Gasteiger partial charge in [-0.15, -0.1) is 0 Å². The first kappa shape index (κ1) is 27.6. The Labute approximate surface area is 219 Å². The van der Waals surface area contributed by atoms with Crippen LogP contribution in [0.2, 0.25) is 0 Å². The van der Waals surface area contributed by atoms with E-state index in [2.05, 4.69) is 72.4 Å². The first-order valence-corrected chi connectivity index (χ1v) is 12.8. The average molecular weight is 650 g/mol. The van der Waals surface area contributed by atoms with Crippen molar-refractivity contribution in [2.24, 2.45) is 5.16 Å². The van der Waals surface area contributed by atoms with E-state index in [-0.39, 0.29) is 12.1 Å². The summed E-state index contributed by atoms with van der Waals surface area (Å²) < 4.78 is 13.5. The average Bonchev–Trinajstić information content (AvgIpc) is 2.76. The predicted octanol–water partition coefficient (Wildman–Crippen LogP) is 3.74. The molecule has 0 spiro atoms. The SMILES string of the molecule is COc1ccc(C/C(=N\[O-])C(=O)NCCc2cc(Br)c(OCCC[NH+](C)C)c(Br)c2)cc1Br. The highest BCUT2D eigenvalue weighted by Crippen LogP contribution is 2.35. The number of methoxy groups -OCH3 is 1. The molecule has 0 atom stereocenters. The number of nitrogens with one attached hydrogen (secondary N) is 2. The molecule has 0 aromatic heterocycles. The number of amides is 1. The Morgan fingerprint density at radius 1 is 1.09 bits per heavy atom. The number of hydrogen-bond donors (Lipinski definition) is 2. The van der Waals surface area contributed by atoms with Gasteiger partial charge >= 0.3 is 0 Å². The zero-order valence-electron chi connectivity index (χ0n) is 18.8. The molecule has 7 nitrogen and oxygen atoms in total. The molecule has 0 saturated heterocycles. The van der Waals surface area contributed by atoms with Gasteiger partial charge in [-0.3, -0.25) is 4.79 Å². The first-order valence-electron chi connectivity index (χ1n) is 10.4. The summed E-state index contributed by atoms with van der Waals surface area (Å²) in [4.78, 5) is 13.8. The van der Waals surface area contributed by atoms with Gasteiger partial charge in [0.2, 0.25) is 0 Å². The number of hydrogen-bond acceptors (Lipinski definition) is 5. The normalized spacial score (nSPS) is 11.5. The molecule has 180 valence electrons. The van der Waals surface area contributed by atoms with Gasteiger partial charge in [-0.1, -0.05) is 6.07 Å². The number of quaternary nitrogens is 1. The number of benzene rings is 2. The number of carbonyl (C=O) groups excluding carboxylic acids is 1. The Kier molecular flexibility index (Phi) is 11.7. The Balaban J connectivity index is 1.89. The van der Waals surface area contributed by atoms with E-state index >= 15 is 0 Å². The summed E-state index contributed by atoms with van der Waals surface area (Å²) in [6.45, 7) is 2.05. The van der Waals surface area contributed by atoms with Gasteiger partial charge in [0, 0.05) is 19.4 Å². The molecule has 0 saturated carbocycles. The van der Waals surface area contributed by atoms with E-state index in [4.69, 9.17) is 9.47 Å². The van der Waals surface area contributed by atoms with Crippen LogP contribution in [0.3, 0.4) is 0 Å². The fourth-order valence-corrected chi connectivity index (χ4v) is 5.18. The minimum absolute atomic E-state index is 0.0715. The van der Waals surface area contributed by atoms with Crippen LogP contribution in [0.5, 0.6) is 11.5 Å². The molecule has 0 aliphatic heterocycles. The van der Waals surface area contributed by atoms with Crippen LogP contribution in [0.1, 0.15) is 17.5 Å². The molecular formula is C23H28Br3N3O4. The van der Waals surface area contributed by atoms with Crippen molar-refractivity contribution < 1.29 is 19.2 Å². The van der Waals surface area contributed by atoms with E-state index in [0.29, 0.717) is 25.3 Å². The molecular weight excluding hydrogens is 622 g/mol. The van der Waals surface area contributed by atoms with E-state index in [1.165, 1.54) is 4.90 Å². The lowest BCUT2D eigenvalue weighted by molar-refractivity contribution is -0.858. The van der Waals surface area contributed by atoms with Crippen molar-refractivity contribution in [1.29, 1.82) is 0 Å². The van der Waals surface area contributed by atoms with Gasteiger partial charge in [-0.2, -0.15) is 0 Å². The van der Waals surface area contributed by atoms with Crippen LogP contribution >= 0.6 is 47.8 Å². The smallest absolute Gasteiger partial charge is 0.265 e. The summed E-state index contributed by atoms with van der Waals surface area (Å²) in [5.74, 6) is 0.966. The van der Waals surface area contributed by atoms with E-state index in [1.807, 2.05) is 12.1 Å². The second kappa shape index (κ2) is 13.9. The first-order chi connectivity index (χ1) is 15.7. The molecule has 0 aliphatic rings. The van der Waals surface area contributed by atoms with Crippen molar-refractivity contribution in [2.75, 3.05) is 40.9 Å². The third-order valence-corrected chi connectivity index (χ3v) is 6.58. The van der Waals surface area contributed by atoms with Crippen LogP contribution in [-0.4, -0.2) is 52.5 Å². The van der Waals surface area contributed by atoms with Crippen LogP contribution in [0.15, 0.2) is 48.9 Å². The maximum Gasteiger partial charge on any atom is 0.265 e. The third kappa shape index (κ3) is 8.92. The Morgan fingerprint density at radius 3 is 2.33 bits per heavy atom. The van der Waals surface area contributed by atoms with Crippen molar-refractivity contribution in [1.82, 2.24) is 5.32 Å². The summed E-state index contributed by atoms with van der Waals surface area (Å²) >= 11 is 10.5. The molecule has 2 N–H and O–H groups in total. The highest BCUT2D eigenvalue weighted by molar-refractivity contribution is 9.11. The Hall–Kier alpha value is -1.62. The summed E-state index contributed by atoms with van der Waals surface area (Å²) in [6.07, 6.45) is 1.69. The maximum atomic E-state index is 12.4. The predicted molar refractivity (Wildman–Crippen MR) is 142 cm³/mol. The topological polar surface area (TPSA) is 87.4 Å². The molecule has 33 heavy (non-hydrogen) atoms. The van der Waals surface area contributed by atoms with Gasteiger partial charge in [0.25, 0.3) is 5.91 Å². The third-order valence-electron chi connectivity index (χ3n) is 4.78. The van der Waals surface area contributed by atoms with Gasteiger partial charge in [0.1, 0.15) is 11.5 Å². The lowest BCUT2D eigenvalue weighted by Crippen LogP contribution is -3.05. The van der Waals surface area contributed by atoms with E-state index in [0.717, 1.165) is 43.3 Å². The van der Waals surface area contributed by atoms with Gasteiger partial charge in [0.15, 0.2) is 0 Å². The molecule has 0 heterocycles.